The molecule has 2 unspecified atom stereocenters. The molecule has 2 aliphatic heterocycles. The van der Waals surface area contributed by atoms with E-state index >= 15 is 0 Å². The topological polar surface area (TPSA) is 65.7 Å². The summed E-state index contributed by atoms with van der Waals surface area (Å²) in [7, 11) is 0. The second kappa shape index (κ2) is 3.39. The highest BCUT2D eigenvalue weighted by Crippen LogP contribution is 2.96. The van der Waals surface area contributed by atoms with E-state index in [1.807, 2.05) is 12.1 Å². The lowest BCUT2D eigenvalue weighted by atomic mass is 9.69. The molecule has 3 spiro atoms. The molecule has 4 bridgehead atoms. The number of hydrogen-bond donors (Lipinski definition) is 0. The predicted molar refractivity (Wildman–Crippen MR) is 82.8 cm³/mol. The fraction of sp³-hybridized carbons (Fsp3) is 0.400. The van der Waals surface area contributed by atoms with Crippen molar-refractivity contribution in [2.75, 3.05) is 6.61 Å². The standard InChI is InChI=1S/C20H14O5/c21-16-12-1-3-18-6-10-5-13-17(22)24-9-20(13,18)19(18,7-10)14(12)15(25-16)11-2-4-23-8-11/h1-5,8,10,15H,6-7,9H2/t10-,15+,18+,19?,20?/m0/s1. The normalized spacial score (nSPS) is 47.1. The van der Waals surface area contributed by atoms with Gasteiger partial charge in [-0.3, -0.25) is 0 Å². The maximum absolute atomic E-state index is 12.5. The van der Waals surface area contributed by atoms with Crippen LogP contribution in [-0.4, -0.2) is 18.5 Å². The van der Waals surface area contributed by atoms with E-state index in [2.05, 4.69) is 12.2 Å². The Morgan fingerprint density at radius 1 is 1.12 bits per heavy atom. The average Bonchev–Trinajstić information content (AvgIpc) is 3.20. The van der Waals surface area contributed by atoms with Crippen LogP contribution < -0.4 is 0 Å². The highest BCUT2D eigenvalue weighted by Gasteiger charge is 2.95. The van der Waals surface area contributed by atoms with Crippen LogP contribution in [0.5, 0.6) is 0 Å². The largest absolute Gasteiger partial charge is 0.472 e. The maximum atomic E-state index is 12.5. The first-order chi connectivity index (χ1) is 12.1. The van der Waals surface area contributed by atoms with Crippen molar-refractivity contribution < 1.29 is 23.5 Å². The van der Waals surface area contributed by atoms with Gasteiger partial charge in [0.1, 0.15) is 6.61 Å². The van der Waals surface area contributed by atoms with Gasteiger partial charge in [0.05, 0.1) is 23.5 Å². The van der Waals surface area contributed by atoms with Crippen LogP contribution in [0.2, 0.25) is 0 Å². The smallest absolute Gasteiger partial charge is 0.339 e. The molecule has 1 saturated heterocycles. The summed E-state index contributed by atoms with van der Waals surface area (Å²) < 4.78 is 16.5. The number of furan rings is 1. The van der Waals surface area contributed by atoms with Gasteiger partial charge in [0.15, 0.2) is 6.10 Å². The number of carbonyl (C=O) groups is 2. The van der Waals surface area contributed by atoms with Gasteiger partial charge in [-0.2, -0.15) is 0 Å². The molecule has 5 nitrogen and oxygen atoms in total. The van der Waals surface area contributed by atoms with Crippen molar-refractivity contribution in [3.05, 3.63) is 59.1 Å². The highest BCUT2D eigenvalue weighted by atomic mass is 16.6. The molecule has 8 rings (SSSR count). The molecule has 3 fully saturated rings. The van der Waals surface area contributed by atoms with Gasteiger partial charge in [-0.05, 0) is 30.4 Å². The maximum Gasteiger partial charge on any atom is 0.339 e. The number of hydrogen-bond acceptors (Lipinski definition) is 5. The summed E-state index contributed by atoms with van der Waals surface area (Å²) in [6.07, 6.45) is 11.0. The second-order valence-corrected chi connectivity index (χ2v) is 8.11. The summed E-state index contributed by atoms with van der Waals surface area (Å²) in [6, 6.07) is 1.85. The summed E-state index contributed by atoms with van der Waals surface area (Å²) in [6.45, 7) is 0.414. The molecule has 7 aliphatic rings. The molecule has 5 aliphatic carbocycles. The summed E-state index contributed by atoms with van der Waals surface area (Å²) in [5.41, 5.74) is 2.77. The molecule has 124 valence electrons. The fourth-order valence-corrected chi connectivity index (χ4v) is 7.08. The summed E-state index contributed by atoms with van der Waals surface area (Å²) in [5, 5.41) is 0. The van der Waals surface area contributed by atoms with Crippen LogP contribution in [0.1, 0.15) is 24.5 Å². The van der Waals surface area contributed by atoms with Crippen LogP contribution in [0.3, 0.4) is 0 Å². The molecule has 0 aromatic carbocycles. The first-order valence-electron chi connectivity index (χ1n) is 8.71. The molecular weight excluding hydrogens is 320 g/mol. The fourth-order valence-electron chi connectivity index (χ4n) is 7.08. The van der Waals surface area contributed by atoms with E-state index in [9.17, 15) is 9.59 Å². The minimum atomic E-state index is -0.418. The average molecular weight is 334 g/mol. The first kappa shape index (κ1) is 12.8. The Hall–Kier alpha value is -2.56. The Morgan fingerprint density at radius 2 is 2.04 bits per heavy atom. The third kappa shape index (κ3) is 0.969. The number of allylic oxidation sites excluding steroid dienone is 2. The minimum Gasteiger partial charge on any atom is -0.472 e. The van der Waals surface area contributed by atoms with E-state index in [1.54, 1.807) is 12.5 Å². The minimum absolute atomic E-state index is 0.101. The Bertz CT molecular complexity index is 995. The van der Waals surface area contributed by atoms with E-state index in [4.69, 9.17) is 13.9 Å². The van der Waals surface area contributed by atoms with Gasteiger partial charge in [0.2, 0.25) is 0 Å². The number of carbonyl (C=O) groups excluding carboxylic acids is 2. The zero-order chi connectivity index (χ0) is 16.6. The van der Waals surface area contributed by atoms with Crippen molar-refractivity contribution in [2.45, 2.75) is 18.9 Å². The van der Waals surface area contributed by atoms with Crippen LogP contribution >= 0.6 is 0 Å². The van der Waals surface area contributed by atoms with E-state index in [0.29, 0.717) is 18.1 Å². The quantitative estimate of drug-likeness (QED) is 0.739. The zero-order valence-electron chi connectivity index (χ0n) is 13.3. The van der Waals surface area contributed by atoms with E-state index < -0.39 is 6.10 Å². The molecule has 0 N–H and O–H groups in total. The van der Waals surface area contributed by atoms with Crippen molar-refractivity contribution in [3.63, 3.8) is 0 Å². The molecule has 1 aromatic rings. The van der Waals surface area contributed by atoms with Gasteiger partial charge in [-0.25, -0.2) is 9.59 Å². The van der Waals surface area contributed by atoms with Crippen molar-refractivity contribution in [1.29, 1.82) is 0 Å². The van der Waals surface area contributed by atoms with Crippen molar-refractivity contribution in [3.8, 4) is 0 Å². The number of rotatable bonds is 1. The molecule has 5 heteroatoms. The van der Waals surface area contributed by atoms with Crippen molar-refractivity contribution in [2.24, 2.45) is 22.2 Å². The van der Waals surface area contributed by atoms with E-state index in [1.165, 1.54) is 0 Å². The lowest BCUT2D eigenvalue weighted by molar-refractivity contribution is -0.140. The van der Waals surface area contributed by atoms with Gasteiger partial charge in [0.25, 0.3) is 0 Å². The lowest BCUT2D eigenvalue weighted by Gasteiger charge is -2.31. The molecule has 0 amide bonds. The van der Waals surface area contributed by atoms with Gasteiger partial charge in [-0.1, -0.05) is 18.2 Å². The highest BCUT2D eigenvalue weighted by molar-refractivity contribution is 6.01. The van der Waals surface area contributed by atoms with Crippen LogP contribution in [0, 0.1) is 22.2 Å². The van der Waals surface area contributed by atoms with Gasteiger partial charge in [-0.15, -0.1) is 0 Å². The summed E-state index contributed by atoms with van der Waals surface area (Å²) >= 11 is 0. The first-order valence-corrected chi connectivity index (χ1v) is 8.71. The third-order valence-electron chi connectivity index (χ3n) is 7.68. The zero-order valence-corrected chi connectivity index (χ0v) is 13.3. The Morgan fingerprint density at radius 3 is 2.88 bits per heavy atom. The molecule has 0 radical (unpaired) electrons. The SMILES string of the molecule is O=C1OCC23C1=C[C@@H]1CC24C2=C(C=C[C@]34C1)C(=O)O[C@@H]2c1ccoc1. The summed E-state index contributed by atoms with van der Waals surface area (Å²) in [5.74, 6) is -0.0970. The molecule has 5 atom stereocenters. The van der Waals surface area contributed by atoms with Gasteiger partial charge in [0, 0.05) is 22.0 Å². The van der Waals surface area contributed by atoms with Crippen molar-refractivity contribution in [1.82, 2.24) is 0 Å². The van der Waals surface area contributed by atoms with Crippen LogP contribution in [0.25, 0.3) is 0 Å². The Labute approximate surface area is 143 Å². The second-order valence-electron chi connectivity index (χ2n) is 8.11. The molecule has 3 heterocycles. The monoisotopic (exact) mass is 334 g/mol. The lowest BCUT2D eigenvalue weighted by Crippen LogP contribution is -2.28. The number of esters is 2. The molecule has 25 heavy (non-hydrogen) atoms. The number of cyclic esters (lactones) is 2. The Balaban J connectivity index is 1.53. The predicted octanol–water partition coefficient (Wildman–Crippen LogP) is 2.62. The van der Waals surface area contributed by atoms with E-state index in [0.717, 1.165) is 29.6 Å². The van der Waals surface area contributed by atoms with Crippen LogP contribution in [0.15, 0.2) is 58.0 Å². The van der Waals surface area contributed by atoms with E-state index in [-0.39, 0.29) is 28.2 Å². The third-order valence-corrected chi connectivity index (χ3v) is 7.68. The number of ether oxygens (including phenoxy) is 2. The van der Waals surface area contributed by atoms with Crippen LogP contribution in [-0.2, 0) is 19.1 Å². The summed E-state index contributed by atoms with van der Waals surface area (Å²) in [4.78, 5) is 24.9. The molecular formula is C20H14O5. The van der Waals surface area contributed by atoms with Crippen LogP contribution in [0.4, 0.5) is 0 Å². The van der Waals surface area contributed by atoms with Gasteiger partial charge < -0.3 is 13.9 Å². The molecule has 1 aromatic heterocycles. The Kier molecular flexibility index (Phi) is 1.73. The van der Waals surface area contributed by atoms with Gasteiger partial charge >= 0.3 is 11.9 Å². The van der Waals surface area contributed by atoms with Crippen molar-refractivity contribution >= 4 is 11.9 Å². The molecule has 2 saturated carbocycles.